The van der Waals surface area contributed by atoms with E-state index in [0.29, 0.717) is 17.4 Å². The van der Waals surface area contributed by atoms with Gasteiger partial charge in [0.25, 0.3) is 0 Å². The van der Waals surface area contributed by atoms with Crippen LogP contribution in [0.15, 0.2) is 24.3 Å². The van der Waals surface area contributed by atoms with Crippen LogP contribution in [-0.2, 0) is 30.8 Å². The Hall–Kier alpha value is -2.22. The van der Waals surface area contributed by atoms with E-state index in [1.807, 2.05) is 0 Å². The summed E-state index contributed by atoms with van der Waals surface area (Å²) in [6.07, 6.45) is -0.102. The van der Waals surface area contributed by atoms with E-state index >= 15 is 0 Å². The van der Waals surface area contributed by atoms with E-state index in [9.17, 15) is 18.6 Å². The molecule has 0 aliphatic carbocycles. The van der Waals surface area contributed by atoms with Gasteiger partial charge in [-0.2, -0.15) is 0 Å². The Bertz CT molecular complexity index is 668. The lowest BCUT2D eigenvalue weighted by molar-refractivity contribution is -0.145. The number of amides is 1. The first-order valence-electron chi connectivity index (χ1n) is 8.20. The lowest BCUT2D eigenvalue weighted by atomic mass is 10.1. The molecule has 0 fully saturated rings. The molecule has 1 amide bonds. The number of alkyl carbamates (subject to hydrolysis) is 1. The Balaban J connectivity index is 2.81. The highest BCUT2D eigenvalue weighted by Crippen LogP contribution is 2.11. The van der Waals surface area contributed by atoms with Crippen molar-refractivity contribution in [3.8, 4) is 0 Å². The molecule has 0 aromatic heterocycles. The molecular formula is C18H25NO6S. The number of aldehydes is 1. The normalized spacial score (nSPS) is 13.4. The quantitative estimate of drug-likeness (QED) is 0.546. The standard InChI is InChI=1S/C18H25NO6S/c1-5-24-16(21)15(19-17(22)25-18(2,3)4)12-26(23)11-14-9-7-6-8-13(14)10-20/h6-10,15H,5,11-12H2,1-4H3,(H,19,22)/t15-,26+/m0/s1. The van der Waals surface area contributed by atoms with E-state index in [0.717, 1.165) is 0 Å². The van der Waals surface area contributed by atoms with Crippen molar-refractivity contribution in [2.24, 2.45) is 0 Å². The number of carbonyl (C=O) groups excluding carboxylic acids is 3. The first-order valence-corrected chi connectivity index (χ1v) is 9.69. The van der Waals surface area contributed by atoms with Gasteiger partial charge >= 0.3 is 12.1 Å². The third-order valence-electron chi connectivity index (χ3n) is 3.11. The summed E-state index contributed by atoms with van der Waals surface area (Å²) in [7, 11) is -1.51. The minimum Gasteiger partial charge on any atom is -0.464 e. The second-order valence-corrected chi connectivity index (χ2v) is 8.02. The van der Waals surface area contributed by atoms with Gasteiger partial charge in [0.1, 0.15) is 17.9 Å². The highest BCUT2D eigenvalue weighted by Gasteiger charge is 2.27. The molecule has 26 heavy (non-hydrogen) atoms. The molecule has 0 radical (unpaired) electrons. The Morgan fingerprint density at radius 1 is 1.27 bits per heavy atom. The van der Waals surface area contributed by atoms with Crippen LogP contribution >= 0.6 is 0 Å². The lowest BCUT2D eigenvalue weighted by Gasteiger charge is -2.22. The summed E-state index contributed by atoms with van der Waals surface area (Å²) >= 11 is 0. The number of rotatable bonds is 8. The largest absolute Gasteiger partial charge is 0.464 e. The maximum Gasteiger partial charge on any atom is 0.408 e. The first kappa shape index (κ1) is 21.8. The number of benzene rings is 1. The minimum absolute atomic E-state index is 0.0841. The molecule has 0 aliphatic rings. The highest BCUT2D eigenvalue weighted by molar-refractivity contribution is 7.84. The second-order valence-electron chi connectivity index (χ2n) is 6.52. The molecule has 1 rings (SSSR count). The third-order valence-corrected chi connectivity index (χ3v) is 4.45. The molecule has 0 spiro atoms. The van der Waals surface area contributed by atoms with Crippen LogP contribution in [0.2, 0.25) is 0 Å². The van der Waals surface area contributed by atoms with Gasteiger partial charge in [-0.05, 0) is 33.3 Å². The maximum atomic E-state index is 12.5. The van der Waals surface area contributed by atoms with E-state index in [4.69, 9.17) is 9.47 Å². The molecule has 0 unspecified atom stereocenters. The van der Waals surface area contributed by atoms with Crippen molar-refractivity contribution in [3.63, 3.8) is 0 Å². The third kappa shape index (κ3) is 7.77. The van der Waals surface area contributed by atoms with Crippen LogP contribution in [0.1, 0.15) is 43.6 Å². The van der Waals surface area contributed by atoms with Gasteiger partial charge in [0.15, 0.2) is 0 Å². The van der Waals surface area contributed by atoms with Gasteiger partial charge in [-0.1, -0.05) is 24.3 Å². The summed E-state index contributed by atoms with van der Waals surface area (Å²) in [5.74, 6) is -0.748. The van der Waals surface area contributed by atoms with Crippen LogP contribution in [0.25, 0.3) is 0 Å². The van der Waals surface area contributed by atoms with E-state index < -0.39 is 34.5 Å². The average molecular weight is 383 g/mol. The summed E-state index contributed by atoms with van der Waals surface area (Å²) in [5.41, 5.74) is 0.320. The SMILES string of the molecule is CCOC(=O)[C@H](C[S@](=O)Cc1ccccc1C=O)NC(=O)OC(C)(C)C. The predicted molar refractivity (Wildman–Crippen MR) is 98.3 cm³/mol. The van der Waals surface area contributed by atoms with E-state index in [1.54, 1.807) is 52.0 Å². The van der Waals surface area contributed by atoms with Crippen molar-refractivity contribution in [1.29, 1.82) is 0 Å². The summed E-state index contributed by atoms with van der Waals surface area (Å²) in [6, 6.07) is 5.67. The molecule has 2 atom stereocenters. The molecule has 1 N–H and O–H groups in total. The summed E-state index contributed by atoms with van der Waals surface area (Å²) in [6.45, 7) is 6.85. The zero-order valence-corrected chi connectivity index (χ0v) is 16.3. The minimum atomic E-state index is -1.51. The van der Waals surface area contributed by atoms with Gasteiger partial charge in [-0.3, -0.25) is 9.00 Å². The molecule has 0 saturated heterocycles. The average Bonchev–Trinajstić information content (AvgIpc) is 2.53. The van der Waals surface area contributed by atoms with Crippen LogP contribution in [-0.4, -0.2) is 46.6 Å². The van der Waals surface area contributed by atoms with Crippen molar-refractivity contribution in [1.82, 2.24) is 5.32 Å². The van der Waals surface area contributed by atoms with Crippen molar-refractivity contribution in [3.05, 3.63) is 35.4 Å². The van der Waals surface area contributed by atoms with Crippen LogP contribution in [0.3, 0.4) is 0 Å². The summed E-state index contributed by atoms with van der Waals surface area (Å²) in [5, 5.41) is 2.41. The Labute approximate surface area is 155 Å². The Kier molecular flexibility index (Phi) is 8.44. The van der Waals surface area contributed by atoms with Crippen LogP contribution in [0.4, 0.5) is 4.79 Å². The number of hydrogen-bond donors (Lipinski definition) is 1. The molecule has 0 saturated carbocycles. The van der Waals surface area contributed by atoms with Crippen molar-refractivity contribution in [2.75, 3.05) is 12.4 Å². The Morgan fingerprint density at radius 3 is 2.50 bits per heavy atom. The van der Waals surface area contributed by atoms with Gasteiger partial charge < -0.3 is 14.8 Å². The van der Waals surface area contributed by atoms with E-state index in [-0.39, 0.29) is 18.1 Å². The van der Waals surface area contributed by atoms with Gasteiger partial charge in [-0.15, -0.1) is 0 Å². The molecular weight excluding hydrogens is 358 g/mol. The number of esters is 1. The van der Waals surface area contributed by atoms with Crippen molar-refractivity contribution < 1.29 is 28.1 Å². The zero-order valence-electron chi connectivity index (χ0n) is 15.4. The zero-order chi connectivity index (χ0) is 19.7. The fourth-order valence-corrected chi connectivity index (χ4v) is 3.38. The maximum absolute atomic E-state index is 12.5. The predicted octanol–water partition coefficient (Wildman–Crippen LogP) is 2.20. The number of ether oxygens (including phenoxy) is 2. The van der Waals surface area contributed by atoms with Crippen LogP contribution in [0, 0.1) is 0 Å². The van der Waals surface area contributed by atoms with Gasteiger partial charge in [0.05, 0.1) is 12.4 Å². The Morgan fingerprint density at radius 2 is 1.92 bits per heavy atom. The molecule has 1 aromatic carbocycles. The number of nitrogens with one attached hydrogen (secondary N) is 1. The fourth-order valence-electron chi connectivity index (χ4n) is 2.06. The fraction of sp³-hybridized carbons (Fsp3) is 0.500. The number of hydrogen-bond acceptors (Lipinski definition) is 6. The highest BCUT2D eigenvalue weighted by atomic mass is 32.2. The number of carbonyl (C=O) groups is 3. The first-order chi connectivity index (χ1) is 12.2. The van der Waals surface area contributed by atoms with E-state index in [2.05, 4.69) is 5.32 Å². The monoisotopic (exact) mass is 383 g/mol. The van der Waals surface area contributed by atoms with Crippen molar-refractivity contribution in [2.45, 2.75) is 45.1 Å². The lowest BCUT2D eigenvalue weighted by Crippen LogP contribution is -2.47. The smallest absolute Gasteiger partial charge is 0.408 e. The summed E-state index contributed by atoms with van der Waals surface area (Å²) in [4.78, 5) is 35.1. The van der Waals surface area contributed by atoms with E-state index in [1.165, 1.54) is 0 Å². The van der Waals surface area contributed by atoms with Gasteiger partial charge in [0, 0.05) is 22.1 Å². The molecule has 0 heterocycles. The molecule has 0 bridgehead atoms. The van der Waals surface area contributed by atoms with Crippen LogP contribution in [0.5, 0.6) is 0 Å². The molecule has 8 heteroatoms. The van der Waals surface area contributed by atoms with Crippen molar-refractivity contribution >= 4 is 29.1 Å². The van der Waals surface area contributed by atoms with Gasteiger partial charge in [-0.25, -0.2) is 9.59 Å². The second kappa shape index (κ2) is 10.1. The van der Waals surface area contributed by atoms with Crippen LogP contribution < -0.4 is 5.32 Å². The molecule has 0 aliphatic heterocycles. The molecule has 7 nitrogen and oxygen atoms in total. The molecule has 144 valence electrons. The summed E-state index contributed by atoms with van der Waals surface area (Å²) < 4.78 is 22.5. The molecule has 1 aromatic rings. The topological polar surface area (TPSA) is 98.8 Å². The van der Waals surface area contributed by atoms with Gasteiger partial charge in [0.2, 0.25) is 0 Å².